The van der Waals surface area contributed by atoms with E-state index in [4.69, 9.17) is 33.2 Å². The van der Waals surface area contributed by atoms with Gasteiger partial charge in [0.05, 0.1) is 30.5 Å². The van der Waals surface area contributed by atoms with E-state index in [2.05, 4.69) is 34.2 Å². The van der Waals surface area contributed by atoms with Crippen LogP contribution in [-0.2, 0) is 30.3 Å². The van der Waals surface area contributed by atoms with E-state index in [-0.39, 0.29) is 43.9 Å². The average Bonchev–Trinajstić information content (AvgIpc) is 3.66. The Bertz CT molecular complexity index is 1920. The fraction of sp³-hybridized carbons (Fsp3) is 0.610. The van der Waals surface area contributed by atoms with Crippen molar-refractivity contribution in [1.82, 2.24) is 15.1 Å². The van der Waals surface area contributed by atoms with E-state index >= 15 is 0 Å². The molecule has 15 heteroatoms. The van der Waals surface area contributed by atoms with Crippen LogP contribution in [0.25, 0.3) is 0 Å². The number of aryl methyl sites for hydroxylation is 1. The molecule has 2 aromatic rings. The summed E-state index contributed by atoms with van der Waals surface area (Å²) in [6.45, 7) is 7.11. The lowest BCUT2D eigenvalue weighted by Crippen LogP contribution is -2.69. The standard InChI is InChI=1S/C41H52N4O10S/c1-8-9-10-11-12-13-29(47)43-25-18-56-40-32-31(39-37(53-20-54-39)22(3)36(32)55-23(4)46)28(17-51-41(25)48)45-27(16-42)26-15-24-14-21(2)35(50-7)38(52-19-49-6)30(24)33(34(40)45)44(26)5/h14,25-28,33-34,40H,8-13,15,17-20H2,1-7H3,(H,43,47)/t25-,26-,27-,28-,33+,34?,40+/m0/s1. The molecule has 0 aromatic heterocycles. The molecule has 0 aliphatic carbocycles. The van der Waals surface area contributed by atoms with Crippen molar-refractivity contribution >= 4 is 29.6 Å². The Labute approximate surface area is 332 Å². The first-order valence-electron chi connectivity index (χ1n) is 19.5. The number of methoxy groups -OCH3 is 2. The van der Waals surface area contributed by atoms with Gasteiger partial charge in [-0.2, -0.15) is 5.26 Å². The number of nitrogens with one attached hydrogen (secondary N) is 1. The summed E-state index contributed by atoms with van der Waals surface area (Å²) in [7, 11) is 5.22. The molecule has 6 heterocycles. The third kappa shape index (κ3) is 6.92. The molecule has 2 aromatic carbocycles. The Morgan fingerprint density at radius 1 is 1.04 bits per heavy atom. The number of thioether (sulfide) groups is 1. The van der Waals surface area contributed by atoms with Crippen LogP contribution in [0.3, 0.4) is 0 Å². The van der Waals surface area contributed by atoms with Crippen molar-refractivity contribution in [3.05, 3.63) is 39.4 Å². The summed E-state index contributed by atoms with van der Waals surface area (Å²) in [5.41, 5.74) is 4.83. The molecule has 1 unspecified atom stereocenters. The smallest absolute Gasteiger partial charge is 0.329 e. The number of piperazine rings is 1. The lowest BCUT2D eigenvalue weighted by atomic mass is 9.71. The number of carbonyl (C=O) groups excluding carboxylic acids is 3. The van der Waals surface area contributed by atoms with Crippen LogP contribution in [0.15, 0.2) is 6.07 Å². The number of amides is 1. The van der Waals surface area contributed by atoms with Crippen molar-refractivity contribution < 1.29 is 47.5 Å². The number of rotatable bonds is 12. The summed E-state index contributed by atoms with van der Waals surface area (Å²) in [6.07, 6.45) is 5.81. The van der Waals surface area contributed by atoms with Gasteiger partial charge in [0.25, 0.3) is 0 Å². The van der Waals surface area contributed by atoms with Crippen LogP contribution < -0.4 is 29.0 Å². The Morgan fingerprint density at radius 2 is 1.80 bits per heavy atom. The fourth-order valence-corrected chi connectivity index (χ4v) is 11.0. The third-order valence-electron chi connectivity index (χ3n) is 11.8. The summed E-state index contributed by atoms with van der Waals surface area (Å²) < 4.78 is 42.3. The molecule has 1 N–H and O–H groups in total. The number of nitrogens with zero attached hydrogens (tertiary/aromatic N) is 3. The minimum atomic E-state index is -0.936. The topological polar surface area (TPSA) is 158 Å². The molecule has 6 aliphatic heterocycles. The first-order valence-corrected chi connectivity index (χ1v) is 20.5. The monoisotopic (exact) mass is 792 g/mol. The Morgan fingerprint density at radius 3 is 2.52 bits per heavy atom. The molecule has 6 aliphatic rings. The van der Waals surface area contributed by atoms with Crippen molar-refractivity contribution in [1.29, 1.82) is 5.26 Å². The van der Waals surface area contributed by atoms with Gasteiger partial charge in [-0.05, 0) is 44.9 Å². The van der Waals surface area contributed by atoms with Gasteiger partial charge in [0, 0.05) is 60.5 Å². The number of benzene rings is 2. The van der Waals surface area contributed by atoms with Gasteiger partial charge >= 0.3 is 11.9 Å². The number of ether oxygens (including phenoxy) is 7. The van der Waals surface area contributed by atoms with Crippen molar-refractivity contribution in [2.75, 3.05) is 47.2 Å². The second-order valence-electron chi connectivity index (χ2n) is 15.2. The van der Waals surface area contributed by atoms with Crippen LogP contribution >= 0.6 is 11.8 Å². The largest absolute Gasteiger partial charge is 0.493 e. The van der Waals surface area contributed by atoms with Gasteiger partial charge in [-0.25, -0.2) is 4.79 Å². The lowest BCUT2D eigenvalue weighted by molar-refractivity contribution is -0.152. The zero-order chi connectivity index (χ0) is 39.8. The molecule has 302 valence electrons. The summed E-state index contributed by atoms with van der Waals surface area (Å²) in [4.78, 5) is 44.5. The van der Waals surface area contributed by atoms with Crippen molar-refractivity contribution in [2.45, 2.75) is 114 Å². The molecule has 0 saturated carbocycles. The number of fused-ring (bicyclic) bond motifs is 10. The minimum absolute atomic E-state index is 0.0137. The zero-order valence-electron chi connectivity index (χ0n) is 33.2. The van der Waals surface area contributed by atoms with Crippen LogP contribution in [-0.4, -0.2) is 99.0 Å². The maximum atomic E-state index is 13.9. The predicted molar refractivity (Wildman–Crippen MR) is 206 cm³/mol. The number of likely N-dealkylation sites (N-methyl/N-ethyl adjacent to an activating group) is 1. The normalized spacial score (nSPS) is 26.2. The zero-order valence-corrected chi connectivity index (χ0v) is 34.0. The number of hydrogen-bond donors (Lipinski definition) is 1. The highest BCUT2D eigenvalue weighted by atomic mass is 32.2. The second kappa shape index (κ2) is 16.7. The fourth-order valence-electron chi connectivity index (χ4n) is 9.46. The van der Waals surface area contributed by atoms with E-state index in [1.165, 1.54) is 18.7 Å². The van der Waals surface area contributed by atoms with Crippen LogP contribution in [0.4, 0.5) is 0 Å². The van der Waals surface area contributed by atoms with Crippen LogP contribution in [0.2, 0.25) is 0 Å². The predicted octanol–water partition coefficient (Wildman–Crippen LogP) is 5.35. The first-order chi connectivity index (χ1) is 27.1. The molecule has 4 bridgehead atoms. The lowest BCUT2D eigenvalue weighted by Gasteiger charge is -2.61. The van der Waals surface area contributed by atoms with Crippen LogP contribution in [0, 0.1) is 25.2 Å². The van der Waals surface area contributed by atoms with E-state index in [0.717, 1.165) is 48.8 Å². The average molecular weight is 793 g/mol. The molecule has 7 atom stereocenters. The number of carbonyl (C=O) groups is 3. The molecule has 2 saturated heterocycles. The van der Waals surface area contributed by atoms with Gasteiger partial charge in [0.15, 0.2) is 29.8 Å². The number of unbranched alkanes of at least 4 members (excludes halogenated alkanes) is 4. The molecule has 14 nitrogen and oxygen atoms in total. The van der Waals surface area contributed by atoms with Gasteiger partial charge in [0.1, 0.15) is 24.4 Å². The quantitative estimate of drug-likeness (QED) is 0.127. The van der Waals surface area contributed by atoms with Crippen LogP contribution in [0.5, 0.6) is 28.7 Å². The third-order valence-corrected chi connectivity index (χ3v) is 13.2. The van der Waals surface area contributed by atoms with Crippen molar-refractivity contribution in [3.63, 3.8) is 0 Å². The van der Waals surface area contributed by atoms with Crippen LogP contribution in [0.1, 0.15) is 103 Å². The molecular weight excluding hydrogens is 741 g/mol. The molecule has 0 spiro atoms. The number of esters is 2. The first kappa shape index (κ1) is 40.0. The highest BCUT2D eigenvalue weighted by Crippen LogP contribution is 2.64. The SMILES string of the molecule is CCCCCCCC(=O)N[C@H]1CS[C@@H]2c3c(OC(C)=O)c(C)c4c(c3[C@H](COC1=O)N1C2[C@H]2c3c(cc(C)c(OC)c3OCOC)C[C@@H]([C@@H]1C#N)N2C)OCO4. The van der Waals surface area contributed by atoms with E-state index in [0.29, 0.717) is 58.3 Å². The van der Waals surface area contributed by atoms with E-state index < -0.39 is 41.4 Å². The van der Waals surface area contributed by atoms with Crippen molar-refractivity contribution in [3.8, 4) is 34.8 Å². The molecule has 0 radical (unpaired) electrons. The summed E-state index contributed by atoms with van der Waals surface area (Å²) in [5, 5.41) is 13.6. The minimum Gasteiger partial charge on any atom is -0.493 e. The molecule has 8 rings (SSSR count). The summed E-state index contributed by atoms with van der Waals surface area (Å²) >= 11 is 1.46. The van der Waals surface area contributed by atoms with Gasteiger partial charge in [-0.15, -0.1) is 11.8 Å². The Kier molecular flexibility index (Phi) is 11.9. The van der Waals surface area contributed by atoms with E-state index in [9.17, 15) is 19.6 Å². The maximum Gasteiger partial charge on any atom is 0.329 e. The Balaban J connectivity index is 1.42. The molecule has 1 amide bonds. The molecular formula is C41H52N4O10S. The van der Waals surface area contributed by atoms with Gasteiger partial charge in [-0.3, -0.25) is 19.4 Å². The highest BCUT2D eigenvalue weighted by molar-refractivity contribution is 7.99. The van der Waals surface area contributed by atoms with Gasteiger partial charge < -0.3 is 38.5 Å². The van der Waals surface area contributed by atoms with E-state index in [1.807, 2.05) is 20.9 Å². The summed E-state index contributed by atoms with van der Waals surface area (Å²) in [6, 6.07) is 1.36. The maximum absolute atomic E-state index is 13.9. The number of nitriles is 1. The second-order valence-corrected chi connectivity index (χ2v) is 16.4. The van der Waals surface area contributed by atoms with Gasteiger partial charge in [0.2, 0.25) is 12.7 Å². The number of hydrogen-bond acceptors (Lipinski definition) is 14. The van der Waals surface area contributed by atoms with E-state index in [1.54, 1.807) is 14.2 Å². The highest BCUT2D eigenvalue weighted by Gasteiger charge is 2.61. The van der Waals surface area contributed by atoms with Crippen molar-refractivity contribution in [2.24, 2.45) is 0 Å². The van der Waals surface area contributed by atoms with Gasteiger partial charge in [-0.1, -0.05) is 38.7 Å². The summed E-state index contributed by atoms with van der Waals surface area (Å²) in [5.74, 6) is 1.32. The molecule has 2 fully saturated rings. The molecule has 56 heavy (non-hydrogen) atoms. The Hall–Kier alpha value is -4.23.